The van der Waals surface area contributed by atoms with Crippen molar-refractivity contribution in [3.8, 4) is 0 Å². The van der Waals surface area contributed by atoms with Crippen LogP contribution in [0.2, 0.25) is 0 Å². The predicted molar refractivity (Wildman–Crippen MR) is 68.0 cm³/mol. The molecule has 1 fully saturated rings. The standard InChI is InChI=1S/C14H19NO3/c1-2-12-8-15(9-13(12)16)14(17)18-10-11-6-4-3-5-7-11/h3-7,12-13,16H,2,8-10H2,1H3/t12?,13-/m1/s1. The molecule has 1 unspecified atom stereocenters. The van der Waals surface area contributed by atoms with E-state index in [1.54, 1.807) is 4.90 Å². The Labute approximate surface area is 107 Å². The Morgan fingerprint density at radius 1 is 1.39 bits per heavy atom. The minimum absolute atomic E-state index is 0.175. The number of carbonyl (C=O) groups excluding carboxylic acids is 1. The van der Waals surface area contributed by atoms with E-state index in [2.05, 4.69) is 0 Å². The van der Waals surface area contributed by atoms with Crippen molar-refractivity contribution in [1.29, 1.82) is 0 Å². The second-order valence-corrected chi connectivity index (χ2v) is 4.68. The number of benzene rings is 1. The van der Waals surface area contributed by atoms with Gasteiger partial charge in [0.1, 0.15) is 6.61 Å². The van der Waals surface area contributed by atoms with E-state index in [1.807, 2.05) is 37.3 Å². The quantitative estimate of drug-likeness (QED) is 0.891. The molecule has 2 rings (SSSR count). The molecule has 1 amide bonds. The Kier molecular flexibility index (Phi) is 4.20. The third kappa shape index (κ3) is 3.01. The number of hydrogen-bond acceptors (Lipinski definition) is 3. The molecule has 4 nitrogen and oxygen atoms in total. The number of hydrogen-bond donors (Lipinski definition) is 1. The van der Waals surface area contributed by atoms with Gasteiger partial charge in [0.15, 0.2) is 0 Å². The normalized spacial score (nSPS) is 23.1. The number of aliphatic hydroxyl groups excluding tert-OH is 1. The van der Waals surface area contributed by atoms with E-state index in [0.29, 0.717) is 13.1 Å². The van der Waals surface area contributed by atoms with Gasteiger partial charge in [-0.1, -0.05) is 37.3 Å². The number of likely N-dealkylation sites (tertiary alicyclic amines) is 1. The van der Waals surface area contributed by atoms with Crippen molar-refractivity contribution in [2.45, 2.75) is 26.1 Å². The number of β-amino-alcohol motifs (C(OH)–C–C–N with tert-alkyl or cyclic N) is 1. The largest absolute Gasteiger partial charge is 0.445 e. The topological polar surface area (TPSA) is 49.8 Å². The average Bonchev–Trinajstić information content (AvgIpc) is 2.78. The summed E-state index contributed by atoms with van der Waals surface area (Å²) < 4.78 is 5.23. The van der Waals surface area contributed by atoms with E-state index in [0.717, 1.165) is 12.0 Å². The molecular formula is C14H19NO3. The smallest absolute Gasteiger partial charge is 0.410 e. The zero-order valence-corrected chi connectivity index (χ0v) is 10.6. The van der Waals surface area contributed by atoms with Gasteiger partial charge in [0, 0.05) is 12.5 Å². The molecule has 0 aliphatic carbocycles. The molecule has 0 spiro atoms. The van der Waals surface area contributed by atoms with Crippen molar-refractivity contribution in [3.63, 3.8) is 0 Å². The number of aliphatic hydroxyl groups is 1. The van der Waals surface area contributed by atoms with Gasteiger partial charge in [-0.25, -0.2) is 4.79 Å². The summed E-state index contributed by atoms with van der Waals surface area (Å²) in [7, 11) is 0. The highest BCUT2D eigenvalue weighted by atomic mass is 16.6. The van der Waals surface area contributed by atoms with Crippen LogP contribution in [0.1, 0.15) is 18.9 Å². The van der Waals surface area contributed by atoms with E-state index < -0.39 is 6.10 Å². The molecule has 98 valence electrons. The lowest BCUT2D eigenvalue weighted by Crippen LogP contribution is -2.30. The van der Waals surface area contributed by atoms with Crippen molar-refractivity contribution in [2.24, 2.45) is 5.92 Å². The molecule has 1 saturated heterocycles. The first kappa shape index (κ1) is 12.9. The van der Waals surface area contributed by atoms with Gasteiger partial charge in [-0.05, 0) is 12.0 Å². The number of amides is 1. The Morgan fingerprint density at radius 3 is 2.72 bits per heavy atom. The van der Waals surface area contributed by atoms with E-state index in [4.69, 9.17) is 4.74 Å². The summed E-state index contributed by atoms with van der Waals surface area (Å²) in [4.78, 5) is 13.4. The van der Waals surface area contributed by atoms with Gasteiger partial charge in [-0.2, -0.15) is 0 Å². The number of rotatable bonds is 3. The van der Waals surface area contributed by atoms with Crippen LogP contribution < -0.4 is 0 Å². The molecule has 0 bridgehead atoms. The maximum Gasteiger partial charge on any atom is 0.410 e. The lowest BCUT2D eigenvalue weighted by atomic mass is 10.0. The molecule has 18 heavy (non-hydrogen) atoms. The lowest BCUT2D eigenvalue weighted by Gasteiger charge is -2.15. The Morgan fingerprint density at radius 2 is 2.11 bits per heavy atom. The predicted octanol–water partition coefficient (Wildman–Crippen LogP) is 2.03. The van der Waals surface area contributed by atoms with Crippen molar-refractivity contribution in [1.82, 2.24) is 4.90 Å². The second-order valence-electron chi connectivity index (χ2n) is 4.68. The van der Waals surface area contributed by atoms with Gasteiger partial charge in [-0.15, -0.1) is 0 Å². The number of nitrogens with zero attached hydrogens (tertiary/aromatic N) is 1. The Balaban J connectivity index is 1.82. The first-order valence-electron chi connectivity index (χ1n) is 6.34. The molecule has 1 aliphatic heterocycles. The van der Waals surface area contributed by atoms with Crippen LogP contribution in [0.15, 0.2) is 30.3 Å². The fourth-order valence-electron chi connectivity index (χ4n) is 2.22. The minimum Gasteiger partial charge on any atom is -0.445 e. The van der Waals surface area contributed by atoms with Gasteiger partial charge >= 0.3 is 6.09 Å². The highest BCUT2D eigenvalue weighted by molar-refractivity contribution is 5.68. The van der Waals surface area contributed by atoms with Crippen molar-refractivity contribution < 1.29 is 14.6 Å². The Hall–Kier alpha value is -1.55. The van der Waals surface area contributed by atoms with Crippen LogP contribution >= 0.6 is 0 Å². The van der Waals surface area contributed by atoms with Crippen LogP contribution in [-0.2, 0) is 11.3 Å². The highest BCUT2D eigenvalue weighted by Gasteiger charge is 2.33. The second kappa shape index (κ2) is 5.87. The van der Waals surface area contributed by atoms with Crippen LogP contribution in [0.4, 0.5) is 4.79 Å². The van der Waals surface area contributed by atoms with Gasteiger partial charge in [0.25, 0.3) is 0 Å². The molecule has 4 heteroatoms. The highest BCUT2D eigenvalue weighted by Crippen LogP contribution is 2.20. The summed E-state index contributed by atoms with van der Waals surface area (Å²) in [6.45, 7) is 3.27. The van der Waals surface area contributed by atoms with Gasteiger partial charge in [0.05, 0.1) is 12.6 Å². The van der Waals surface area contributed by atoms with E-state index in [9.17, 15) is 9.90 Å². The van der Waals surface area contributed by atoms with Crippen molar-refractivity contribution in [3.05, 3.63) is 35.9 Å². The molecule has 1 aromatic rings. The molecule has 1 aromatic carbocycles. The number of carbonyl (C=O) groups is 1. The summed E-state index contributed by atoms with van der Waals surface area (Å²) in [5.74, 6) is 0.175. The maximum atomic E-state index is 11.8. The first-order chi connectivity index (χ1) is 8.70. The molecule has 0 saturated carbocycles. The lowest BCUT2D eigenvalue weighted by molar-refractivity contribution is 0.0966. The summed E-state index contributed by atoms with van der Waals surface area (Å²) in [6.07, 6.45) is 0.122. The zero-order valence-electron chi connectivity index (χ0n) is 10.6. The van der Waals surface area contributed by atoms with E-state index in [1.165, 1.54) is 0 Å². The van der Waals surface area contributed by atoms with Crippen LogP contribution in [0.25, 0.3) is 0 Å². The van der Waals surface area contributed by atoms with Crippen LogP contribution in [0.3, 0.4) is 0 Å². The summed E-state index contributed by atoms with van der Waals surface area (Å²) in [5, 5.41) is 9.74. The van der Waals surface area contributed by atoms with Crippen LogP contribution in [0, 0.1) is 5.92 Å². The molecule has 0 aromatic heterocycles. The van der Waals surface area contributed by atoms with Gasteiger partial charge < -0.3 is 14.7 Å². The molecule has 1 N–H and O–H groups in total. The van der Waals surface area contributed by atoms with Gasteiger partial charge in [0.2, 0.25) is 0 Å². The van der Waals surface area contributed by atoms with E-state index in [-0.39, 0.29) is 18.6 Å². The fourth-order valence-corrected chi connectivity index (χ4v) is 2.22. The summed E-state index contributed by atoms with van der Waals surface area (Å²) in [6, 6.07) is 9.59. The average molecular weight is 249 g/mol. The monoisotopic (exact) mass is 249 g/mol. The minimum atomic E-state index is -0.417. The molecular weight excluding hydrogens is 230 g/mol. The zero-order chi connectivity index (χ0) is 13.0. The third-order valence-corrected chi connectivity index (χ3v) is 3.39. The van der Waals surface area contributed by atoms with Crippen molar-refractivity contribution >= 4 is 6.09 Å². The van der Waals surface area contributed by atoms with E-state index >= 15 is 0 Å². The SMILES string of the molecule is CCC1CN(C(=O)OCc2ccccc2)C[C@H]1O. The summed E-state index contributed by atoms with van der Waals surface area (Å²) >= 11 is 0. The Bertz CT molecular complexity index is 393. The molecule has 2 atom stereocenters. The molecule has 1 heterocycles. The first-order valence-corrected chi connectivity index (χ1v) is 6.34. The number of ether oxygens (including phenoxy) is 1. The van der Waals surface area contributed by atoms with Gasteiger partial charge in [-0.3, -0.25) is 0 Å². The third-order valence-electron chi connectivity index (χ3n) is 3.39. The van der Waals surface area contributed by atoms with Crippen molar-refractivity contribution in [2.75, 3.05) is 13.1 Å². The van der Waals surface area contributed by atoms with Crippen LogP contribution in [-0.4, -0.2) is 35.3 Å². The summed E-state index contributed by atoms with van der Waals surface area (Å²) in [5.41, 5.74) is 0.970. The fraction of sp³-hybridized carbons (Fsp3) is 0.500. The van der Waals surface area contributed by atoms with Crippen LogP contribution in [0.5, 0.6) is 0 Å². The molecule has 1 aliphatic rings. The maximum absolute atomic E-state index is 11.8. The molecule has 0 radical (unpaired) electrons.